The van der Waals surface area contributed by atoms with Crippen LogP contribution in [0.3, 0.4) is 0 Å². The molecule has 6 nitrogen and oxygen atoms in total. The molecule has 1 aromatic heterocycles. The van der Waals surface area contributed by atoms with Crippen LogP contribution in [-0.2, 0) is 34.8 Å². The van der Waals surface area contributed by atoms with Crippen LogP contribution >= 0.6 is 0 Å². The van der Waals surface area contributed by atoms with E-state index in [1.165, 1.54) is 6.07 Å². The quantitative estimate of drug-likeness (QED) is 0.642. The van der Waals surface area contributed by atoms with E-state index < -0.39 is 5.92 Å². The molecule has 0 bridgehead atoms. The number of benzene rings is 1. The normalized spacial score (nSPS) is 22.1. The lowest BCUT2D eigenvalue weighted by molar-refractivity contribution is -0.121. The summed E-state index contributed by atoms with van der Waals surface area (Å²) in [6.07, 6.45) is 3.95. The number of nitrogens with one attached hydrogen (secondary N) is 2. The first kappa shape index (κ1) is 22.2. The molecule has 2 fully saturated rings. The Labute approximate surface area is 192 Å². The number of alkyl halides is 2. The van der Waals surface area contributed by atoms with Gasteiger partial charge in [-0.3, -0.25) is 4.79 Å². The Bertz CT molecular complexity index is 1080. The van der Waals surface area contributed by atoms with Crippen molar-refractivity contribution >= 4 is 11.7 Å². The lowest BCUT2D eigenvalue weighted by atomic mass is 10.0. The Kier molecular flexibility index (Phi) is 5.59. The summed E-state index contributed by atoms with van der Waals surface area (Å²) in [5, 5.41) is 6.47. The van der Waals surface area contributed by atoms with Gasteiger partial charge in [0.25, 0.3) is 5.92 Å². The standard InChI is InChI=1S/C25H30F2N4O2/c1-15-29-19(13-21(32)31-24(2)10-11-24)22(20-7-4-12-33-20)23(30-15)28-14-16-5-3-6-18-17(16)8-9-25(18,26)27/h3,5-6,20H,4,7-14H2,1-2H3,(H,31,32)(H,28,29,30). The topological polar surface area (TPSA) is 76.1 Å². The minimum Gasteiger partial charge on any atom is -0.373 e. The van der Waals surface area contributed by atoms with Crippen molar-refractivity contribution < 1.29 is 18.3 Å². The highest BCUT2D eigenvalue weighted by Gasteiger charge is 2.40. The molecule has 2 aromatic rings. The number of anilines is 1. The summed E-state index contributed by atoms with van der Waals surface area (Å²) in [6.45, 7) is 4.88. The van der Waals surface area contributed by atoms with Crippen molar-refractivity contribution in [3.8, 4) is 0 Å². The summed E-state index contributed by atoms with van der Waals surface area (Å²) in [6, 6.07) is 5.10. The van der Waals surface area contributed by atoms with Gasteiger partial charge in [0.1, 0.15) is 11.6 Å². The molecule has 2 heterocycles. The second kappa shape index (κ2) is 8.31. The number of nitrogens with zero attached hydrogens (tertiary/aromatic N) is 2. The first-order valence-corrected chi connectivity index (χ1v) is 11.8. The molecular formula is C25H30F2N4O2. The van der Waals surface area contributed by atoms with E-state index in [9.17, 15) is 13.6 Å². The van der Waals surface area contributed by atoms with Crippen molar-refractivity contribution in [2.24, 2.45) is 0 Å². The molecule has 1 atom stereocenters. The van der Waals surface area contributed by atoms with E-state index >= 15 is 0 Å². The second-order valence-corrected chi connectivity index (χ2v) is 9.77. The maximum Gasteiger partial charge on any atom is 0.273 e. The van der Waals surface area contributed by atoms with E-state index in [1.54, 1.807) is 13.0 Å². The number of carbonyl (C=O) groups is 1. The Morgan fingerprint density at radius 1 is 1.24 bits per heavy atom. The predicted molar refractivity (Wildman–Crippen MR) is 120 cm³/mol. The lowest BCUT2D eigenvalue weighted by Crippen LogP contribution is -2.35. The highest BCUT2D eigenvalue weighted by Crippen LogP contribution is 2.43. The SMILES string of the molecule is Cc1nc(CC(=O)NC2(C)CC2)c(C2CCCO2)c(NCc2cccc3c2CCC3(F)F)n1. The maximum absolute atomic E-state index is 14.2. The van der Waals surface area contributed by atoms with Gasteiger partial charge >= 0.3 is 0 Å². The average molecular weight is 457 g/mol. The molecule has 8 heteroatoms. The van der Waals surface area contributed by atoms with Crippen LogP contribution in [0.15, 0.2) is 18.2 Å². The van der Waals surface area contributed by atoms with Gasteiger partial charge < -0.3 is 15.4 Å². The zero-order valence-corrected chi connectivity index (χ0v) is 19.1. The highest BCUT2D eigenvalue weighted by molar-refractivity contribution is 5.80. The fourth-order valence-corrected chi connectivity index (χ4v) is 4.93. The predicted octanol–water partition coefficient (Wildman–Crippen LogP) is 4.50. The number of halogens is 2. The fourth-order valence-electron chi connectivity index (χ4n) is 4.93. The Morgan fingerprint density at radius 2 is 2.06 bits per heavy atom. The second-order valence-electron chi connectivity index (χ2n) is 9.77. The average Bonchev–Trinajstić information content (AvgIpc) is 3.12. The number of hydrogen-bond acceptors (Lipinski definition) is 5. The number of hydrogen-bond donors (Lipinski definition) is 2. The van der Waals surface area contributed by atoms with Crippen LogP contribution in [0, 0.1) is 6.92 Å². The van der Waals surface area contributed by atoms with E-state index in [2.05, 4.69) is 20.6 Å². The molecule has 1 aromatic carbocycles. The number of aromatic nitrogens is 2. The molecule has 3 aliphatic rings. The Morgan fingerprint density at radius 3 is 2.79 bits per heavy atom. The zero-order chi connectivity index (χ0) is 23.2. The summed E-state index contributed by atoms with van der Waals surface area (Å²) in [4.78, 5) is 22.0. The van der Waals surface area contributed by atoms with Crippen LogP contribution < -0.4 is 10.6 Å². The summed E-state index contributed by atoms with van der Waals surface area (Å²) in [7, 11) is 0. The number of aryl methyl sites for hydroxylation is 1. The molecule has 33 heavy (non-hydrogen) atoms. The van der Waals surface area contributed by atoms with Crippen molar-refractivity contribution in [2.45, 2.75) is 82.9 Å². The lowest BCUT2D eigenvalue weighted by Gasteiger charge is -2.21. The van der Waals surface area contributed by atoms with Gasteiger partial charge in [0.15, 0.2) is 0 Å². The Balaban J connectivity index is 1.43. The first-order valence-electron chi connectivity index (χ1n) is 11.8. The third-order valence-electron chi connectivity index (χ3n) is 6.96. The molecule has 176 valence electrons. The molecule has 1 aliphatic heterocycles. The van der Waals surface area contributed by atoms with Gasteiger partial charge in [-0.15, -0.1) is 0 Å². The highest BCUT2D eigenvalue weighted by atomic mass is 19.3. The number of ether oxygens (including phenoxy) is 1. The minimum absolute atomic E-state index is 0.0543. The molecule has 5 rings (SSSR count). The number of amides is 1. The van der Waals surface area contributed by atoms with Gasteiger partial charge in [0.05, 0.1) is 18.2 Å². The van der Waals surface area contributed by atoms with E-state index in [0.717, 1.165) is 42.4 Å². The van der Waals surface area contributed by atoms with Gasteiger partial charge in [0.2, 0.25) is 5.91 Å². The summed E-state index contributed by atoms with van der Waals surface area (Å²) in [5.74, 6) is -1.64. The smallest absolute Gasteiger partial charge is 0.273 e. The Hall–Kier alpha value is -2.61. The number of fused-ring (bicyclic) bond motifs is 1. The molecule has 0 radical (unpaired) electrons. The molecule has 2 N–H and O–H groups in total. The van der Waals surface area contributed by atoms with Crippen molar-refractivity contribution in [1.29, 1.82) is 0 Å². The van der Waals surface area contributed by atoms with Crippen LogP contribution in [0.5, 0.6) is 0 Å². The maximum atomic E-state index is 14.2. The number of carbonyl (C=O) groups excluding carboxylic acids is 1. The summed E-state index contributed by atoms with van der Waals surface area (Å²) < 4.78 is 34.4. The molecule has 1 saturated carbocycles. The van der Waals surface area contributed by atoms with Crippen LogP contribution in [0.2, 0.25) is 0 Å². The van der Waals surface area contributed by atoms with Crippen LogP contribution in [0.1, 0.15) is 78.9 Å². The van der Waals surface area contributed by atoms with E-state index in [-0.39, 0.29) is 36.0 Å². The molecule has 1 saturated heterocycles. The van der Waals surface area contributed by atoms with Crippen molar-refractivity contribution in [1.82, 2.24) is 15.3 Å². The van der Waals surface area contributed by atoms with Crippen molar-refractivity contribution in [2.75, 3.05) is 11.9 Å². The van der Waals surface area contributed by atoms with E-state index in [0.29, 0.717) is 36.9 Å². The molecule has 0 spiro atoms. The fraction of sp³-hybridized carbons (Fsp3) is 0.560. The zero-order valence-electron chi connectivity index (χ0n) is 19.1. The van der Waals surface area contributed by atoms with Gasteiger partial charge in [-0.2, -0.15) is 0 Å². The van der Waals surface area contributed by atoms with Crippen LogP contribution in [-0.4, -0.2) is 28.0 Å². The van der Waals surface area contributed by atoms with Gasteiger partial charge in [-0.1, -0.05) is 18.2 Å². The minimum atomic E-state index is -2.77. The number of rotatable bonds is 7. The molecule has 1 amide bonds. The third-order valence-corrected chi connectivity index (χ3v) is 6.96. The largest absolute Gasteiger partial charge is 0.373 e. The van der Waals surface area contributed by atoms with Crippen molar-refractivity contribution in [3.05, 3.63) is 52.0 Å². The summed E-state index contributed by atoms with van der Waals surface area (Å²) >= 11 is 0. The monoisotopic (exact) mass is 456 g/mol. The first-order chi connectivity index (χ1) is 15.7. The molecular weight excluding hydrogens is 426 g/mol. The van der Waals surface area contributed by atoms with Gasteiger partial charge in [-0.05, 0) is 57.1 Å². The van der Waals surface area contributed by atoms with Gasteiger partial charge in [0, 0.05) is 36.2 Å². The van der Waals surface area contributed by atoms with Crippen LogP contribution in [0.4, 0.5) is 14.6 Å². The molecule has 1 unspecified atom stereocenters. The van der Waals surface area contributed by atoms with E-state index in [1.807, 2.05) is 13.0 Å². The third kappa shape index (κ3) is 4.58. The summed E-state index contributed by atoms with van der Waals surface area (Å²) in [5.41, 5.74) is 3.08. The van der Waals surface area contributed by atoms with Crippen molar-refractivity contribution in [3.63, 3.8) is 0 Å². The van der Waals surface area contributed by atoms with E-state index in [4.69, 9.17) is 4.74 Å². The van der Waals surface area contributed by atoms with Crippen LogP contribution in [0.25, 0.3) is 0 Å². The molecule has 2 aliphatic carbocycles. The van der Waals surface area contributed by atoms with Gasteiger partial charge in [-0.25, -0.2) is 18.7 Å².